The number of esters is 1. The predicted octanol–water partition coefficient (Wildman–Crippen LogP) is 3.27. The van der Waals surface area contributed by atoms with Crippen molar-refractivity contribution in [3.8, 4) is 5.75 Å². The lowest BCUT2D eigenvalue weighted by Gasteiger charge is -2.12. The molecule has 9 heteroatoms. The van der Waals surface area contributed by atoms with Crippen LogP contribution in [-0.2, 0) is 10.1 Å². The van der Waals surface area contributed by atoms with Crippen LogP contribution in [0.25, 0.3) is 0 Å². The lowest BCUT2D eigenvalue weighted by atomic mass is 10.1. The van der Waals surface area contributed by atoms with Crippen LogP contribution in [-0.4, -0.2) is 24.1 Å². The van der Waals surface area contributed by atoms with Crippen LogP contribution in [0.3, 0.4) is 0 Å². The molecule has 0 bridgehead atoms. The van der Waals surface area contributed by atoms with Gasteiger partial charge in [-0.25, -0.2) is 4.79 Å². The molecule has 0 aliphatic rings. The summed E-state index contributed by atoms with van der Waals surface area (Å²) in [5, 5.41) is 10.8. The van der Waals surface area contributed by atoms with E-state index in [1.54, 1.807) is 6.92 Å². The number of nitro groups is 1. The number of ether oxygens (including phenoxy) is 2. The third-order valence-electron chi connectivity index (χ3n) is 2.25. The highest BCUT2D eigenvalue weighted by molar-refractivity contribution is 9.08. The number of carbonyl (C=O) groups is 1. The number of benzene rings is 1. The molecule has 0 unspecified atom stereocenters. The summed E-state index contributed by atoms with van der Waals surface area (Å²) in [5.74, 6) is -1.28. The highest BCUT2D eigenvalue weighted by atomic mass is 79.9. The van der Waals surface area contributed by atoms with Gasteiger partial charge in [0.15, 0.2) is 0 Å². The molecule has 0 saturated carbocycles. The van der Waals surface area contributed by atoms with Crippen molar-refractivity contribution in [1.29, 1.82) is 0 Å². The molecule has 0 amide bonds. The number of hydrogen-bond acceptors (Lipinski definition) is 5. The van der Waals surface area contributed by atoms with Crippen molar-refractivity contribution < 1.29 is 28.0 Å². The largest absolute Gasteiger partial charge is 0.462 e. The van der Waals surface area contributed by atoms with Crippen molar-refractivity contribution in [2.75, 3.05) is 6.61 Å². The Morgan fingerprint density at radius 2 is 2.15 bits per heavy atom. The Morgan fingerprint density at radius 1 is 1.50 bits per heavy atom. The summed E-state index contributed by atoms with van der Waals surface area (Å²) in [7, 11) is 0. The van der Waals surface area contributed by atoms with E-state index in [1.807, 2.05) is 0 Å². The Labute approximate surface area is 120 Å². The standard InChI is InChI=1S/C11H10BrF2NO5/c1-2-19-10(16)7-3-6(15(17)18)4-9(8(7)5-12)20-11(13)14/h3-4,11H,2,5H2,1H3. The van der Waals surface area contributed by atoms with Crippen LogP contribution in [0.1, 0.15) is 22.8 Å². The molecule has 0 aromatic heterocycles. The number of alkyl halides is 3. The Hall–Kier alpha value is -1.77. The second-order valence-corrected chi connectivity index (χ2v) is 4.02. The highest BCUT2D eigenvalue weighted by Crippen LogP contribution is 2.32. The maximum Gasteiger partial charge on any atom is 0.387 e. The van der Waals surface area contributed by atoms with E-state index in [0.29, 0.717) is 0 Å². The molecule has 0 spiro atoms. The maximum atomic E-state index is 12.3. The van der Waals surface area contributed by atoms with Crippen molar-refractivity contribution >= 4 is 27.6 Å². The highest BCUT2D eigenvalue weighted by Gasteiger charge is 2.23. The van der Waals surface area contributed by atoms with E-state index < -0.39 is 28.9 Å². The van der Waals surface area contributed by atoms with Gasteiger partial charge in [0.25, 0.3) is 5.69 Å². The van der Waals surface area contributed by atoms with E-state index in [0.717, 1.165) is 12.1 Å². The topological polar surface area (TPSA) is 78.7 Å². The fourth-order valence-electron chi connectivity index (χ4n) is 1.47. The monoisotopic (exact) mass is 353 g/mol. The van der Waals surface area contributed by atoms with Crippen LogP contribution in [0.5, 0.6) is 5.75 Å². The van der Waals surface area contributed by atoms with Crippen LogP contribution in [0.4, 0.5) is 14.5 Å². The molecule has 20 heavy (non-hydrogen) atoms. The van der Waals surface area contributed by atoms with Gasteiger partial charge in [-0.2, -0.15) is 8.78 Å². The molecular weight excluding hydrogens is 344 g/mol. The molecule has 0 atom stereocenters. The molecule has 6 nitrogen and oxygen atoms in total. The van der Waals surface area contributed by atoms with E-state index in [4.69, 9.17) is 4.74 Å². The van der Waals surface area contributed by atoms with Crippen molar-refractivity contribution in [2.24, 2.45) is 0 Å². The Bertz CT molecular complexity index is 524. The van der Waals surface area contributed by atoms with Gasteiger partial charge in [-0.15, -0.1) is 0 Å². The summed E-state index contributed by atoms with van der Waals surface area (Å²) < 4.78 is 33.6. The average Bonchev–Trinajstić information content (AvgIpc) is 2.37. The first-order chi connectivity index (χ1) is 9.40. The maximum absolute atomic E-state index is 12.3. The minimum atomic E-state index is -3.16. The molecule has 0 aliphatic carbocycles. The van der Waals surface area contributed by atoms with Crippen molar-refractivity contribution in [1.82, 2.24) is 0 Å². The molecule has 0 saturated heterocycles. The van der Waals surface area contributed by atoms with Crippen LogP contribution in [0, 0.1) is 10.1 Å². The van der Waals surface area contributed by atoms with Crippen LogP contribution in [0.2, 0.25) is 0 Å². The number of non-ortho nitro benzene ring substituents is 1. The fourth-order valence-corrected chi connectivity index (χ4v) is 2.04. The lowest BCUT2D eigenvalue weighted by Crippen LogP contribution is -2.12. The van der Waals surface area contributed by atoms with Gasteiger partial charge >= 0.3 is 12.6 Å². The molecular formula is C11H10BrF2NO5. The zero-order valence-corrected chi connectivity index (χ0v) is 11.9. The number of hydrogen-bond donors (Lipinski definition) is 0. The summed E-state index contributed by atoms with van der Waals surface area (Å²) in [5.41, 5.74) is -0.656. The Morgan fingerprint density at radius 3 is 2.60 bits per heavy atom. The number of carbonyl (C=O) groups excluding carboxylic acids is 1. The number of nitro benzene ring substituents is 1. The first-order valence-corrected chi connectivity index (χ1v) is 6.52. The van der Waals surface area contributed by atoms with Gasteiger partial charge in [0.2, 0.25) is 0 Å². The Balaban J connectivity index is 3.41. The minimum Gasteiger partial charge on any atom is -0.462 e. The minimum absolute atomic E-state index is 0.00119. The van der Waals surface area contributed by atoms with Crippen molar-refractivity contribution in [3.05, 3.63) is 33.4 Å². The summed E-state index contributed by atoms with van der Waals surface area (Å²) in [6.07, 6.45) is 0. The van der Waals surface area contributed by atoms with Gasteiger partial charge in [-0.3, -0.25) is 10.1 Å². The van der Waals surface area contributed by atoms with Gasteiger partial charge in [-0.1, -0.05) is 15.9 Å². The first-order valence-electron chi connectivity index (χ1n) is 5.39. The second-order valence-electron chi connectivity index (χ2n) is 3.46. The smallest absolute Gasteiger partial charge is 0.387 e. The summed E-state index contributed by atoms with van der Waals surface area (Å²) in [6.45, 7) is -1.56. The van der Waals surface area contributed by atoms with Gasteiger partial charge in [0.1, 0.15) is 5.75 Å². The van der Waals surface area contributed by atoms with Crippen molar-refractivity contribution in [3.63, 3.8) is 0 Å². The van der Waals surface area contributed by atoms with E-state index in [1.165, 1.54) is 0 Å². The predicted molar refractivity (Wildman–Crippen MR) is 68.3 cm³/mol. The van der Waals surface area contributed by atoms with Crippen LogP contribution >= 0.6 is 15.9 Å². The third-order valence-corrected chi connectivity index (χ3v) is 2.81. The third kappa shape index (κ3) is 3.86. The first kappa shape index (κ1) is 16.3. The summed E-state index contributed by atoms with van der Waals surface area (Å²) in [6, 6.07) is 1.80. The van der Waals surface area contributed by atoms with Gasteiger partial charge in [0, 0.05) is 17.0 Å². The van der Waals surface area contributed by atoms with Crippen LogP contribution < -0.4 is 4.74 Å². The zero-order chi connectivity index (χ0) is 15.3. The molecule has 0 aliphatic heterocycles. The second kappa shape index (κ2) is 7.13. The van der Waals surface area contributed by atoms with Crippen molar-refractivity contribution in [2.45, 2.75) is 18.9 Å². The fraction of sp³-hybridized carbons (Fsp3) is 0.364. The molecule has 0 N–H and O–H groups in total. The SMILES string of the molecule is CCOC(=O)c1cc([N+](=O)[O-])cc(OC(F)F)c1CBr. The van der Waals surface area contributed by atoms with Gasteiger partial charge in [0.05, 0.1) is 23.2 Å². The molecule has 0 heterocycles. The van der Waals surface area contributed by atoms with E-state index >= 15 is 0 Å². The quantitative estimate of drug-likeness (QED) is 0.339. The number of nitrogens with zero attached hydrogens (tertiary/aromatic N) is 1. The molecule has 0 fully saturated rings. The summed E-state index contributed by atoms with van der Waals surface area (Å²) >= 11 is 3.03. The van der Waals surface area contributed by atoms with E-state index in [-0.39, 0.29) is 23.1 Å². The van der Waals surface area contributed by atoms with Gasteiger partial charge in [-0.05, 0) is 6.92 Å². The summed E-state index contributed by atoms with van der Waals surface area (Å²) in [4.78, 5) is 21.7. The molecule has 1 aromatic carbocycles. The van der Waals surface area contributed by atoms with E-state index in [2.05, 4.69) is 20.7 Å². The molecule has 110 valence electrons. The number of halogens is 3. The normalized spacial score (nSPS) is 10.4. The Kier molecular flexibility index (Phi) is 5.81. The van der Waals surface area contributed by atoms with Gasteiger partial charge < -0.3 is 9.47 Å². The molecule has 1 aromatic rings. The molecule has 1 rings (SSSR count). The molecule has 0 radical (unpaired) electrons. The van der Waals surface area contributed by atoms with Crippen LogP contribution in [0.15, 0.2) is 12.1 Å². The zero-order valence-electron chi connectivity index (χ0n) is 10.3. The van der Waals surface area contributed by atoms with E-state index in [9.17, 15) is 23.7 Å². The lowest BCUT2D eigenvalue weighted by molar-refractivity contribution is -0.385. The average molecular weight is 354 g/mol. The number of rotatable bonds is 6.